The molecule has 0 bridgehead atoms. The molecule has 0 spiro atoms. The molecule has 2 heterocycles. The molecule has 22 heavy (non-hydrogen) atoms. The molecule has 1 fully saturated rings. The van der Waals surface area contributed by atoms with E-state index in [0.29, 0.717) is 6.04 Å². The summed E-state index contributed by atoms with van der Waals surface area (Å²) < 4.78 is 11.0. The number of anilines is 1. The van der Waals surface area contributed by atoms with E-state index in [1.165, 1.54) is 19.2 Å². The Balaban J connectivity index is 1.88. The third kappa shape index (κ3) is 2.95. The molecule has 3 rings (SSSR count). The molecule has 0 aliphatic carbocycles. The van der Waals surface area contributed by atoms with Crippen molar-refractivity contribution < 1.29 is 9.15 Å². The van der Waals surface area contributed by atoms with Gasteiger partial charge < -0.3 is 19.0 Å². The van der Waals surface area contributed by atoms with E-state index in [1.807, 2.05) is 12.1 Å². The van der Waals surface area contributed by atoms with E-state index in [9.17, 15) is 0 Å². The highest BCUT2D eigenvalue weighted by atomic mass is 16.5. The Labute approximate surface area is 131 Å². The quantitative estimate of drug-likeness (QED) is 0.868. The summed E-state index contributed by atoms with van der Waals surface area (Å²) in [7, 11) is 6.05. The number of piperidine rings is 1. The van der Waals surface area contributed by atoms with Crippen molar-refractivity contribution in [2.75, 3.05) is 39.2 Å². The summed E-state index contributed by atoms with van der Waals surface area (Å²) in [6.45, 7) is 2.28. The molecule has 1 aromatic heterocycles. The highest BCUT2D eigenvalue weighted by molar-refractivity contribution is 5.69. The van der Waals surface area contributed by atoms with Gasteiger partial charge in [0, 0.05) is 18.7 Å². The number of benzene rings is 1. The van der Waals surface area contributed by atoms with E-state index in [4.69, 9.17) is 9.15 Å². The lowest BCUT2D eigenvalue weighted by molar-refractivity contribution is 0.252. The summed E-state index contributed by atoms with van der Waals surface area (Å²) in [4.78, 5) is 8.72. The van der Waals surface area contributed by atoms with E-state index >= 15 is 0 Å². The van der Waals surface area contributed by atoms with Crippen LogP contribution in [0.2, 0.25) is 0 Å². The molecular weight excluding hydrogens is 278 g/mol. The lowest BCUT2D eigenvalue weighted by atomic mass is 10.0. The average molecular weight is 301 g/mol. The second-order valence-corrected chi connectivity index (χ2v) is 5.90. The average Bonchev–Trinajstić information content (AvgIpc) is 3.09. The van der Waals surface area contributed by atoms with E-state index in [1.54, 1.807) is 13.3 Å². The zero-order valence-electron chi connectivity index (χ0n) is 13.5. The first-order valence-electron chi connectivity index (χ1n) is 7.67. The minimum Gasteiger partial charge on any atom is -0.495 e. The van der Waals surface area contributed by atoms with Crippen LogP contribution in [-0.2, 0) is 0 Å². The Morgan fingerprint density at radius 3 is 2.73 bits per heavy atom. The van der Waals surface area contributed by atoms with Gasteiger partial charge in [0.1, 0.15) is 5.75 Å². The Bertz CT molecular complexity index is 604. The number of nitrogens with zero attached hydrogens (tertiary/aromatic N) is 3. The predicted molar refractivity (Wildman–Crippen MR) is 87.4 cm³/mol. The van der Waals surface area contributed by atoms with Gasteiger partial charge in [-0.15, -0.1) is 0 Å². The number of methoxy groups -OCH3 is 1. The van der Waals surface area contributed by atoms with Crippen molar-refractivity contribution in [3.8, 4) is 17.1 Å². The summed E-state index contributed by atoms with van der Waals surface area (Å²) in [5.74, 6) is 1.67. The van der Waals surface area contributed by atoms with Gasteiger partial charge in [-0.3, -0.25) is 0 Å². The molecule has 5 heteroatoms. The van der Waals surface area contributed by atoms with Crippen LogP contribution in [0.4, 0.5) is 5.69 Å². The minimum absolute atomic E-state index is 0.537. The number of oxazole rings is 1. The lowest BCUT2D eigenvalue weighted by Crippen LogP contribution is -2.42. The minimum atomic E-state index is 0.537. The van der Waals surface area contributed by atoms with Crippen molar-refractivity contribution in [3.63, 3.8) is 0 Å². The molecule has 0 unspecified atom stereocenters. The van der Waals surface area contributed by atoms with Crippen LogP contribution in [0.25, 0.3) is 11.3 Å². The van der Waals surface area contributed by atoms with Crippen LogP contribution in [0.5, 0.6) is 5.75 Å². The van der Waals surface area contributed by atoms with Crippen LogP contribution < -0.4 is 9.64 Å². The first-order valence-corrected chi connectivity index (χ1v) is 7.67. The molecule has 2 aromatic rings. The maximum Gasteiger partial charge on any atom is 0.181 e. The van der Waals surface area contributed by atoms with Crippen LogP contribution in [0.15, 0.2) is 35.2 Å². The fourth-order valence-corrected chi connectivity index (χ4v) is 3.06. The normalized spacial score (nSPS) is 16.7. The van der Waals surface area contributed by atoms with Crippen LogP contribution in [0.3, 0.4) is 0 Å². The molecule has 0 saturated carbocycles. The first-order chi connectivity index (χ1) is 10.7. The van der Waals surface area contributed by atoms with Crippen LogP contribution in [0, 0.1) is 0 Å². The number of likely N-dealkylation sites (tertiary alicyclic amines) is 1. The Kier molecular flexibility index (Phi) is 4.34. The van der Waals surface area contributed by atoms with Gasteiger partial charge in [0.2, 0.25) is 0 Å². The molecule has 1 saturated heterocycles. The number of rotatable bonds is 4. The van der Waals surface area contributed by atoms with Gasteiger partial charge in [-0.25, -0.2) is 4.98 Å². The maximum atomic E-state index is 5.55. The first kappa shape index (κ1) is 14.9. The Morgan fingerprint density at radius 2 is 2.09 bits per heavy atom. The van der Waals surface area contributed by atoms with Gasteiger partial charge in [-0.2, -0.15) is 0 Å². The molecule has 118 valence electrons. The van der Waals surface area contributed by atoms with E-state index in [2.05, 4.69) is 34.9 Å². The molecular formula is C17H23N3O2. The molecule has 0 atom stereocenters. The van der Waals surface area contributed by atoms with Crippen molar-refractivity contribution >= 4 is 5.69 Å². The second kappa shape index (κ2) is 6.40. The monoisotopic (exact) mass is 301 g/mol. The Hall–Kier alpha value is -2.01. The highest BCUT2D eigenvalue weighted by Gasteiger charge is 2.23. The van der Waals surface area contributed by atoms with Gasteiger partial charge in [-0.1, -0.05) is 0 Å². The number of hydrogen-bond acceptors (Lipinski definition) is 5. The van der Waals surface area contributed by atoms with Gasteiger partial charge in [0.25, 0.3) is 0 Å². The van der Waals surface area contributed by atoms with Crippen molar-refractivity contribution in [3.05, 3.63) is 30.8 Å². The third-order valence-corrected chi connectivity index (χ3v) is 4.51. The summed E-state index contributed by atoms with van der Waals surface area (Å²) >= 11 is 0. The fraction of sp³-hybridized carbons (Fsp3) is 0.471. The summed E-state index contributed by atoms with van der Waals surface area (Å²) in [5, 5.41) is 0. The SMILES string of the molecule is COc1ccc(-c2cnco2)cc1N(C)C1CCN(C)CC1. The largest absolute Gasteiger partial charge is 0.495 e. The third-order valence-electron chi connectivity index (χ3n) is 4.51. The molecule has 1 aliphatic heterocycles. The highest BCUT2D eigenvalue weighted by Crippen LogP contribution is 2.35. The van der Waals surface area contributed by atoms with Crippen LogP contribution in [0.1, 0.15) is 12.8 Å². The molecule has 1 aromatic carbocycles. The fourth-order valence-electron chi connectivity index (χ4n) is 3.06. The van der Waals surface area contributed by atoms with Crippen molar-refractivity contribution in [2.24, 2.45) is 0 Å². The molecule has 5 nitrogen and oxygen atoms in total. The van der Waals surface area contributed by atoms with Gasteiger partial charge in [0.05, 0.1) is 19.0 Å². The zero-order valence-corrected chi connectivity index (χ0v) is 13.5. The maximum absolute atomic E-state index is 5.55. The standard InChI is InChI=1S/C17H23N3O2/c1-19-8-6-14(7-9-19)20(2)15-10-13(4-5-16(15)21-3)17-11-18-12-22-17/h4-5,10-12,14H,6-9H2,1-3H3. The molecule has 0 amide bonds. The Morgan fingerprint density at radius 1 is 1.32 bits per heavy atom. The van der Waals surface area contributed by atoms with Crippen molar-refractivity contribution in [2.45, 2.75) is 18.9 Å². The second-order valence-electron chi connectivity index (χ2n) is 5.90. The molecule has 1 aliphatic rings. The summed E-state index contributed by atoms with van der Waals surface area (Å²) in [6, 6.07) is 6.66. The lowest BCUT2D eigenvalue weighted by Gasteiger charge is -2.37. The summed E-state index contributed by atoms with van der Waals surface area (Å²) in [5.41, 5.74) is 2.12. The van der Waals surface area contributed by atoms with Crippen LogP contribution >= 0.6 is 0 Å². The van der Waals surface area contributed by atoms with Gasteiger partial charge in [0.15, 0.2) is 12.2 Å². The van der Waals surface area contributed by atoms with E-state index in [0.717, 1.165) is 35.9 Å². The number of hydrogen-bond donors (Lipinski definition) is 0. The topological polar surface area (TPSA) is 41.7 Å². The number of aromatic nitrogens is 1. The predicted octanol–water partition coefficient (Wildman–Crippen LogP) is 2.88. The number of ether oxygens (including phenoxy) is 1. The van der Waals surface area contributed by atoms with Crippen molar-refractivity contribution in [1.29, 1.82) is 0 Å². The van der Waals surface area contributed by atoms with Gasteiger partial charge in [-0.05, 0) is 51.2 Å². The van der Waals surface area contributed by atoms with E-state index < -0.39 is 0 Å². The molecule has 0 N–H and O–H groups in total. The van der Waals surface area contributed by atoms with Crippen LogP contribution in [-0.4, -0.2) is 50.2 Å². The summed E-state index contributed by atoms with van der Waals surface area (Å²) in [6.07, 6.45) is 5.53. The van der Waals surface area contributed by atoms with Crippen molar-refractivity contribution in [1.82, 2.24) is 9.88 Å². The zero-order chi connectivity index (χ0) is 15.5. The molecule has 0 radical (unpaired) electrons. The van der Waals surface area contributed by atoms with Gasteiger partial charge >= 0.3 is 0 Å². The van der Waals surface area contributed by atoms with E-state index in [-0.39, 0.29) is 0 Å². The smallest absolute Gasteiger partial charge is 0.181 e.